The number of unbranched alkanes of at least 4 members (excludes halogenated alkanes) is 6. The van der Waals surface area contributed by atoms with E-state index >= 15 is 0 Å². The number of ether oxygens (including phenoxy) is 4. The van der Waals surface area contributed by atoms with Crippen molar-refractivity contribution >= 4 is 23.6 Å². The second kappa shape index (κ2) is 20.0. The lowest BCUT2D eigenvalue weighted by molar-refractivity contribution is -0.182. The zero-order valence-corrected chi connectivity index (χ0v) is 32.5. The molecule has 56 heavy (non-hydrogen) atoms. The van der Waals surface area contributed by atoms with Crippen molar-refractivity contribution in [3.05, 3.63) is 58.7 Å². The molecule has 0 aliphatic carbocycles. The van der Waals surface area contributed by atoms with Gasteiger partial charge in [-0.05, 0) is 73.2 Å². The maximum atomic E-state index is 14.2. The summed E-state index contributed by atoms with van der Waals surface area (Å²) in [7, 11) is 0. The van der Waals surface area contributed by atoms with Gasteiger partial charge in [0.2, 0.25) is 0 Å². The minimum atomic E-state index is -0.658. The van der Waals surface area contributed by atoms with Gasteiger partial charge in [0.15, 0.2) is 11.6 Å². The Morgan fingerprint density at radius 3 is 1.21 bits per heavy atom. The predicted octanol–water partition coefficient (Wildman–Crippen LogP) is 3.88. The number of piperidine rings is 2. The van der Waals surface area contributed by atoms with Gasteiger partial charge in [-0.1, -0.05) is 25.7 Å². The SMILES string of the molecule is O=C(NCCCCCCO)c1cc(C(=O)NCCCCCCO)cc(-c2cc(C(=O)N3CCC4(CC3)OCCO4)cc(C(=O)N3CCC4(CC3)OCCO4)c2)c1. The highest BCUT2D eigenvalue weighted by Gasteiger charge is 2.42. The van der Waals surface area contributed by atoms with Gasteiger partial charge in [0.05, 0.1) is 26.4 Å². The summed E-state index contributed by atoms with van der Waals surface area (Å²) in [6, 6.07) is 10.1. The summed E-state index contributed by atoms with van der Waals surface area (Å²) in [5.41, 5.74) is 2.28. The van der Waals surface area contributed by atoms with Crippen molar-refractivity contribution in [1.29, 1.82) is 0 Å². The summed E-state index contributed by atoms with van der Waals surface area (Å²) in [6.45, 7) is 5.00. The van der Waals surface area contributed by atoms with Gasteiger partial charge in [0, 0.05) is 100 Å². The van der Waals surface area contributed by atoms with Crippen LogP contribution in [0.15, 0.2) is 36.4 Å². The molecule has 4 aliphatic heterocycles. The van der Waals surface area contributed by atoms with Crippen LogP contribution in [0.5, 0.6) is 0 Å². The second-order valence-corrected chi connectivity index (χ2v) is 15.2. The Morgan fingerprint density at radius 1 is 0.500 bits per heavy atom. The highest BCUT2D eigenvalue weighted by Crippen LogP contribution is 2.34. The molecule has 2 aromatic rings. The molecule has 2 spiro atoms. The molecule has 14 nitrogen and oxygen atoms in total. The number of aliphatic hydroxyl groups excluding tert-OH is 2. The van der Waals surface area contributed by atoms with Gasteiger partial charge in [0.25, 0.3) is 23.6 Å². The van der Waals surface area contributed by atoms with Crippen LogP contribution in [0.25, 0.3) is 11.1 Å². The Kier molecular flexibility index (Phi) is 14.9. The van der Waals surface area contributed by atoms with Crippen LogP contribution in [0.1, 0.15) is 118 Å². The quantitative estimate of drug-likeness (QED) is 0.173. The van der Waals surface area contributed by atoms with Crippen molar-refractivity contribution in [1.82, 2.24) is 20.4 Å². The van der Waals surface area contributed by atoms with Crippen molar-refractivity contribution in [2.45, 2.75) is 88.6 Å². The van der Waals surface area contributed by atoms with Crippen molar-refractivity contribution in [2.75, 3.05) is 78.9 Å². The summed E-state index contributed by atoms with van der Waals surface area (Å²) in [5.74, 6) is -2.45. The van der Waals surface area contributed by atoms with E-state index < -0.39 is 11.6 Å². The molecule has 4 amide bonds. The van der Waals surface area contributed by atoms with Crippen molar-refractivity contribution in [3.63, 3.8) is 0 Å². The van der Waals surface area contributed by atoms with Gasteiger partial charge < -0.3 is 49.6 Å². The van der Waals surface area contributed by atoms with Crippen LogP contribution in [-0.4, -0.2) is 134 Å². The number of benzene rings is 2. The van der Waals surface area contributed by atoms with E-state index in [1.165, 1.54) is 0 Å². The van der Waals surface area contributed by atoms with Gasteiger partial charge in [0.1, 0.15) is 0 Å². The number of hydrogen-bond acceptors (Lipinski definition) is 10. The van der Waals surface area contributed by atoms with E-state index in [-0.39, 0.29) is 48.0 Å². The van der Waals surface area contributed by atoms with Crippen LogP contribution in [0, 0.1) is 0 Å². The van der Waals surface area contributed by atoms with Crippen LogP contribution in [0.3, 0.4) is 0 Å². The Hall–Kier alpha value is -3.92. The number of aliphatic hydroxyl groups is 2. The molecule has 6 rings (SSSR count). The molecule has 0 saturated carbocycles. The van der Waals surface area contributed by atoms with Crippen LogP contribution < -0.4 is 10.6 Å². The molecule has 4 aliphatic rings. The maximum Gasteiger partial charge on any atom is 0.253 e. The summed E-state index contributed by atoms with van der Waals surface area (Å²) in [5, 5.41) is 24.1. The van der Waals surface area contributed by atoms with Crippen LogP contribution in [-0.2, 0) is 18.9 Å². The first kappa shape index (κ1) is 41.7. The predicted molar refractivity (Wildman–Crippen MR) is 207 cm³/mol. The fourth-order valence-corrected chi connectivity index (χ4v) is 7.92. The lowest BCUT2D eigenvalue weighted by atomic mass is 9.94. The molecule has 0 radical (unpaired) electrons. The third-order valence-corrected chi connectivity index (χ3v) is 11.2. The molecule has 0 aromatic heterocycles. The van der Waals surface area contributed by atoms with Gasteiger partial charge in [-0.15, -0.1) is 0 Å². The summed E-state index contributed by atoms with van der Waals surface area (Å²) in [6.07, 6.45) is 8.54. The van der Waals surface area contributed by atoms with Crippen LogP contribution in [0.2, 0.25) is 0 Å². The van der Waals surface area contributed by atoms with E-state index in [1.54, 1.807) is 46.2 Å². The largest absolute Gasteiger partial charge is 0.396 e. The zero-order valence-electron chi connectivity index (χ0n) is 32.5. The number of nitrogens with one attached hydrogen (secondary N) is 2. The standard InChI is InChI=1S/C42H58N4O10/c47-19-7-3-1-5-13-43-37(49)33-25-31(26-34(29-33)38(50)44-14-6-2-4-8-20-48)32-27-35(39(51)45-15-9-41(10-16-45)53-21-22-54-41)30-36(28-32)40(52)46-17-11-42(12-18-46)55-23-24-56-42/h25-30,47-48H,1-24H2,(H,43,49)(H,44,50). The average Bonchev–Trinajstić information content (AvgIpc) is 3.89. The number of carbonyl (C=O) groups excluding carboxylic acids is 4. The average molecular weight is 779 g/mol. The van der Waals surface area contributed by atoms with Gasteiger partial charge in [-0.25, -0.2) is 0 Å². The van der Waals surface area contributed by atoms with Crippen molar-refractivity contribution in [3.8, 4) is 11.1 Å². The van der Waals surface area contributed by atoms with Crippen molar-refractivity contribution in [2.24, 2.45) is 0 Å². The summed E-state index contributed by atoms with van der Waals surface area (Å²) < 4.78 is 23.5. The first-order valence-corrected chi connectivity index (χ1v) is 20.5. The molecule has 4 N–H and O–H groups in total. The normalized spacial score (nSPS) is 18.8. The second-order valence-electron chi connectivity index (χ2n) is 15.2. The molecule has 4 heterocycles. The van der Waals surface area contributed by atoms with Gasteiger partial charge >= 0.3 is 0 Å². The van der Waals surface area contributed by atoms with Gasteiger partial charge in [-0.2, -0.15) is 0 Å². The number of amides is 4. The summed E-state index contributed by atoms with van der Waals surface area (Å²) in [4.78, 5) is 59.1. The molecule has 4 fully saturated rings. The van der Waals surface area contributed by atoms with E-state index in [4.69, 9.17) is 29.2 Å². The van der Waals surface area contributed by atoms with E-state index in [2.05, 4.69) is 10.6 Å². The van der Waals surface area contributed by atoms with E-state index in [0.29, 0.717) is 126 Å². The van der Waals surface area contributed by atoms with Crippen molar-refractivity contribution < 1.29 is 48.3 Å². The molecule has 2 aromatic carbocycles. The Balaban J connectivity index is 1.29. The minimum Gasteiger partial charge on any atom is -0.396 e. The molecular formula is C42H58N4O10. The lowest BCUT2D eigenvalue weighted by Gasteiger charge is -2.38. The maximum absolute atomic E-state index is 14.2. The lowest BCUT2D eigenvalue weighted by Crippen LogP contribution is -2.47. The molecule has 14 heteroatoms. The number of nitrogens with zero attached hydrogens (tertiary/aromatic N) is 2. The molecule has 4 saturated heterocycles. The third kappa shape index (κ3) is 10.7. The zero-order chi connectivity index (χ0) is 39.4. The monoisotopic (exact) mass is 778 g/mol. The van der Waals surface area contributed by atoms with E-state index in [9.17, 15) is 19.2 Å². The summed E-state index contributed by atoms with van der Waals surface area (Å²) >= 11 is 0. The first-order valence-electron chi connectivity index (χ1n) is 20.5. The number of rotatable bonds is 17. The highest BCUT2D eigenvalue weighted by atomic mass is 16.7. The third-order valence-electron chi connectivity index (χ3n) is 11.2. The smallest absolute Gasteiger partial charge is 0.253 e. The van der Waals surface area contributed by atoms with E-state index in [1.807, 2.05) is 0 Å². The first-order chi connectivity index (χ1) is 27.2. The minimum absolute atomic E-state index is 0.137. The fourth-order valence-electron chi connectivity index (χ4n) is 7.92. The fraction of sp³-hybridized carbons (Fsp3) is 0.619. The topological polar surface area (TPSA) is 176 Å². The van der Waals surface area contributed by atoms with Crippen LogP contribution in [0.4, 0.5) is 0 Å². The van der Waals surface area contributed by atoms with Gasteiger partial charge in [-0.3, -0.25) is 19.2 Å². The molecule has 0 atom stereocenters. The number of likely N-dealkylation sites (tertiary alicyclic amines) is 2. The number of carbonyl (C=O) groups is 4. The molecule has 0 unspecified atom stereocenters. The Labute approximate surface area is 329 Å². The Morgan fingerprint density at radius 2 is 0.839 bits per heavy atom. The molecule has 306 valence electrons. The Bertz CT molecular complexity index is 1540. The number of hydrogen-bond donors (Lipinski definition) is 4. The van der Waals surface area contributed by atoms with Crippen LogP contribution >= 0.6 is 0 Å². The molecular weight excluding hydrogens is 720 g/mol. The van der Waals surface area contributed by atoms with E-state index in [0.717, 1.165) is 38.5 Å². The highest BCUT2D eigenvalue weighted by molar-refractivity contribution is 6.04. The molecule has 0 bridgehead atoms.